The summed E-state index contributed by atoms with van der Waals surface area (Å²) in [6.07, 6.45) is -4.73. The van der Waals surface area contributed by atoms with Crippen LogP contribution < -0.4 is 10.6 Å². The molecule has 0 radical (unpaired) electrons. The molecule has 0 spiro atoms. The molecule has 2 N–H and O–H groups in total. The number of hydrogen-bond acceptors (Lipinski definition) is 3. The zero-order chi connectivity index (χ0) is 21.3. The van der Waals surface area contributed by atoms with Crippen molar-refractivity contribution in [3.05, 3.63) is 82.0 Å². The Balaban J connectivity index is 1.64. The molecular formula is C21H18BrF3N4O. The van der Waals surface area contributed by atoms with Crippen LogP contribution in [-0.2, 0) is 6.54 Å². The number of carbonyl (C=O) groups excluding carboxylic acids is 1. The Morgan fingerprint density at radius 3 is 2.40 bits per heavy atom. The first-order valence-electron chi connectivity index (χ1n) is 9.33. The number of benzene rings is 2. The van der Waals surface area contributed by atoms with E-state index >= 15 is 0 Å². The highest BCUT2D eigenvalue weighted by atomic mass is 79.9. The lowest BCUT2D eigenvalue weighted by Crippen LogP contribution is -2.35. The standard InChI is InChI=1S/C21H18BrF3N4O/c22-17-18(20(30)26-12-13-7-3-1-4-8-13)28-29-16(21(23,24)25)11-15(27-19(17)29)14-9-5-2-6-10-14/h1-10,15-16,27H,11-12H2,(H,26,30)/t15-,16+/m0/s1. The fraction of sp³-hybridized carbons (Fsp3) is 0.238. The van der Waals surface area contributed by atoms with Crippen LogP contribution in [0.2, 0.25) is 0 Å². The average molecular weight is 479 g/mol. The van der Waals surface area contributed by atoms with Crippen LogP contribution in [0, 0.1) is 0 Å². The number of carbonyl (C=O) groups is 1. The fourth-order valence-electron chi connectivity index (χ4n) is 3.50. The molecule has 1 aliphatic rings. The second kappa shape index (κ2) is 8.14. The maximum Gasteiger partial charge on any atom is 0.410 e. The summed E-state index contributed by atoms with van der Waals surface area (Å²) in [5.74, 6) is -0.408. The number of hydrogen-bond donors (Lipinski definition) is 2. The highest BCUT2D eigenvalue weighted by molar-refractivity contribution is 9.10. The fourth-order valence-corrected chi connectivity index (χ4v) is 4.06. The van der Waals surface area contributed by atoms with Gasteiger partial charge in [0.1, 0.15) is 5.82 Å². The zero-order valence-corrected chi connectivity index (χ0v) is 17.2. The van der Waals surface area contributed by atoms with Crippen LogP contribution >= 0.6 is 15.9 Å². The molecule has 5 nitrogen and oxygen atoms in total. The summed E-state index contributed by atoms with van der Waals surface area (Å²) in [6, 6.07) is 15.8. The van der Waals surface area contributed by atoms with Gasteiger partial charge in [0, 0.05) is 13.0 Å². The molecule has 4 rings (SSSR count). The third kappa shape index (κ3) is 4.07. The molecule has 30 heavy (non-hydrogen) atoms. The molecule has 9 heteroatoms. The van der Waals surface area contributed by atoms with E-state index in [4.69, 9.17) is 0 Å². The maximum atomic E-state index is 13.8. The van der Waals surface area contributed by atoms with Gasteiger partial charge in [-0.2, -0.15) is 18.3 Å². The summed E-state index contributed by atoms with van der Waals surface area (Å²) in [4.78, 5) is 12.6. The molecule has 156 valence electrons. The van der Waals surface area contributed by atoms with Crippen LogP contribution in [0.4, 0.5) is 19.0 Å². The van der Waals surface area contributed by atoms with Gasteiger partial charge in [-0.15, -0.1) is 0 Å². The summed E-state index contributed by atoms with van der Waals surface area (Å²) in [7, 11) is 0. The normalized spacial score (nSPS) is 18.4. The predicted molar refractivity (Wildman–Crippen MR) is 110 cm³/mol. The van der Waals surface area contributed by atoms with Crippen molar-refractivity contribution in [3.63, 3.8) is 0 Å². The smallest absolute Gasteiger partial charge is 0.362 e. The first kappa shape index (κ1) is 20.5. The summed E-state index contributed by atoms with van der Waals surface area (Å²) < 4.78 is 42.5. The maximum absolute atomic E-state index is 13.8. The number of amides is 1. The lowest BCUT2D eigenvalue weighted by atomic mass is 9.97. The topological polar surface area (TPSA) is 59.0 Å². The second-order valence-electron chi connectivity index (χ2n) is 7.02. The van der Waals surface area contributed by atoms with Crippen molar-refractivity contribution in [2.75, 3.05) is 5.32 Å². The van der Waals surface area contributed by atoms with Crippen LogP contribution in [0.1, 0.15) is 40.1 Å². The van der Waals surface area contributed by atoms with Gasteiger partial charge >= 0.3 is 6.18 Å². The number of nitrogens with zero attached hydrogens (tertiary/aromatic N) is 2. The summed E-state index contributed by atoms with van der Waals surface area (Å²) >= 11 is 3.28. The molecule has 2 atom stereocenters. The Morgan fingerprint density at radius 1 is 1.13 bits per heavy atom. The first-order valence-corrected chi connectivity index (χ1v) is 10.1. The highest BCUT2D eigenvalue weighted by Gasteiger charge is 2.47. The van der Waals surface area contributed by atoms with Gasteiger partial charge in [-0.05, 0) is 27.1 Å². The minimum atomic E-state index is -4.51. The number of alkyl halides is 3. The van der Waals surface area contributed by atoms with Gasteiger partial charge in [0.2, 0.25) is 0 Å². The van der Waals surface area contributed by atoms with Crippen LogP contribution in [0.25, 0.3) is 0 Å². The van der Waals surface area contributed by atoms with Crippen molar-refractivity contribution in [2.24, 2.45) is 0 Å². The third-order valence-corrected chi connectivity index (χ3v) is 5.76. The summed E-state index contributed by atoms with van der Waals surface area (Å²) in [5.41, 5.74) is 1.53. The summed E-state index contributed by atoms with van der Waals surface area (Å²) in [6.45, 7) is 0.247. The third-order valence-electron chi connectivity index (χ3n) is 5.01. The zero-order valence-electron chi connectivity index (χ0n) is 15.7. The largest absolute Gasteiger partial charge is 0.410 e. The number of anilines is 1. The van der Waals surface area contributed by atoms with Gasteiger partial charge in [-0.25, -0.2) is 4.68 Å². The van der Waals surface area contributed by atoms with Crippen LogP contribution in [0.3, 0.4) is 0 Å². The second-order valence-corrected chi connectivity index (χ2v) is 7.82. The van der Waals surface area contributed by atoms with E-state index in [9.17, 15) is 18.0 Å². The van der Waals surface area contributed by atoms with Gasteiger partial charge < -0.3 is 10.6 Å². The van der Waals surface area contributed by atoms with Crippen LogP contribution in [0.5, 0.6) is 0 Å². The average Bonchev–Trinajstić information content (AvgIpc) is 3.08. The van der Waals surface area contributed by atoms with E-state index in [1.165, 1.54) is 0 Å². The highest BCUT2D eigenvalue weighted by Crippen LogP contribution is 2.46. The van der Waals surface area contributed by atoms with Crippen LogP contribution in [0.15, 0.2) is 65.1 Å². The van der Waals surface area contributed by atoms with Gasteiger partial charge in [-0.3, -0.25) is 4.79 Å². The van der Waals surface area contributed by atoms with Crippen molar-refractivity contribution in [3.8, 4) is 0 Å². The lowest BCUT2D eigenvalue weighted by molar-refractivity contribution is -0.173. The van der Waals surface area contributed by atoms with Crippen LogP contribution in [-0.4, -0.2) is 21.9 Å². The number of aromatic nitrogens is 2. The van der Waals surface area contributed by atoms with E-state index in [0.29, 0.717) is 0 Å². The van der Waals surface area contributed by atoms with E-state index in [0.717, 1.165) is 15.8 Å². The lowest BCUT2D eigenvalue weighted by Gasteiger charge is -2.33. The molecule has 2 heterocycles. The monoisotopic (exact) mass is 478 g/mol. The molecule has 1 aromatic heterocycles. The SMILES string of the molecule is O=C(NCc1ccccc1)c1nn2c(c1Br)N[C@H](c1ccccc1)C[C@@H]2C(F)(F)F. The number of nitrogens with one attached hydrogen (secondary N) is 2. The molecule has 0 fully saturated rings. The molecule has 2 aromatic carbocycles. The quantitative estimate of drug-likeness (QED) is 0.539. The van der Waals surface area contributed by atoms with Gasteiger partial charge in [0.25, 0.3) is 5.91 Å². The number of rotatable bonds is 4. The predicted octanol–water partition coefficient (Wildman–Crippen LogP) is 5.24. The van der Waals surface area contributed by atoms with E-state index in [2.05, 4.69) is 31.7 Å². The minimum Gasteiger partial charge on any atom is -0.362 e. The number of fused-ring (bicyclic) bond motifs is 1. The van der Waals surface area contributed by atoms with Crippen molar-refractivity contribution < 1.29 is 18.0 Å². The Labute approximate surface area is 179 Å². The number of halogens is 4. The molecule has 0 bridgehead atoms. The molecule has 1 amide bonds. The molecule has 0 unspecified atom stereocenters. The molecule has 1 aliphatic heterocycles. The van der Waals surface area contributed by atoms with Crippen molar-refractivity contribution >= 4 is 27.7 Å². The minimum absolute atomic E-state index is 0.0867. The summed E-state index contributed by atoms with van der Waals surface area (Å²) in [5, 5.41) is 9.83. The van der Waals surface area contributed by atoms with E-state index in [1.807, 2.05) is 36.4 Å². The molecular weight excluding hydrogens is 461 g/mol. The van der Waals surface area contributed by atoms with Gasteiger partial charge in [-0.1, -0.05) is 60.7 Å². The molecule has 3 aromatic rings. The molecule has 0 aliphatic carbocycles. The Bertz CT molecular complexity index is 1040. The van der Waals surface area contributed by atoms with E-state index in [1.54, 1.807) is 24.3 Å². The van der Waals surface area contributed by atoms with E-state index < -0.39 is 24.2 Å². The van der Waals surface area contributed by atoms with E-state index in [-0.39, 0.29) is 29.0 Å². The van der Waals surface area contributed by atoms with Gasteiger partial charge in [0.05, 0.1) is 10.5 Å². The van der Waals surface area contributed by atoms with Crippen molar-refractivity contribution in [1.82, 2.24) is 15.1 Å². The molecule has 0 saturated heterocycles. The Kier molecular flexibility index (Phi) is 5.55. The molecule has 0 saturated carbocycles. The first-order chi connectivity index (χ1) is 14.3. The Hall–Kier alpha value is -2.81. The van der Waals surface area contributed by atoms with Crippen molar-refractivity contribution in [2.45, 2.75) is 31.2 Å². The van der Waals surface area contributed by atoms with Gasteiger partial charge in [0.15, 0.2) is 11.7 Å². The van der Waals surface area contributed by atoms with Crippen molar-refractivity contribution in [1.29, 1.82) is 0 Å². The Morgan fingerprint density at radius 2 is 1.77 bits per heavy atom.